The summed E-state index contributed by atoms with van der Waals surface area (Å²) >= 11 is 0. The van der Waals surface area contributed by atoms with E-state index in [4.69, 9.17) is 0 Å². The van der Waals surface area contributed by atoms with Crippen LogP contribution in [0, 0.1) is 12.8 Å². The summed E-state index contributed by atoms with van der Waals surface area (Å²) in [6, 6.07) is 60.0. The Morgan fingerprint density at radius 3 is 0.851 bits per heavy atom. The normalized spacial score (nSPS) is 12.4. The van der Waals surface area contributed by atoms with Crippen LogP contribution in [0.15, 0.2) is 231 Å². The second-order valence-electron chi connectivity index (χ2n) is 15.7. The largest absolute Gasteiger partial charge is 0.673 e. The third-order valence-corrected chi connectivity index (χ3v) is 10.4. The van der Waals surface area contributed by atoms with Crippen molar-refractivity contribution in [3.05, 3.63) is 288 Å². The Kier molecular flexibility index (Phi) is 37.9. The van der Waals surface area contributed by atoms with E-state index in [9.17, 15) is 34.5 Å². The first-order valence-corrected chi connectivity index (χ1v) is 23.0. The van der Waals surface area contributed by atoms with Crippen LogP contribution in [0.4, 0.5) is 34.5 Å². The third kappa shape index (κ3) is 32.5. The Morgan fingerprint density at radius 2 is 0.554 bits per heavy atom. The number of hydrogen-bond acceptors (Lipinski definition) is 0. The van der Waals surface area contributed by atoms with Crippen molar-refractivity contribution in [3.8, 4) is 0 Å². The SMILES string of the molecule is C(=C\C=C\c1ccccc1C(CC[CH-]/C=C/c1ccccc1)C(CC[CH-]/C=C/c1ccccc1)c1ccccc1/C=C/C=C/C=C/c1ccccc1)/C=C/c1ccccc1.F[B-](F)(F)F.F[B-](F)(F)F.[Pd].[Pd].[Pd].[Pd]. The Hall–Kier alpha value is -4.80. The van der Waals surface area contributed by atoms with Gasteiger partial charge in [0.2, 0.25) is 0 Å². The molecule has 6 aromatic carbocycles. The fourth-order valence-electron chi connectivity index (χ4n) is 7.41. The van der Waals surface area contributed by atoms with Gasteiger partial charge in [-0.2, -0.15) is 0 Å². The molecule has 0 amide bonds. The minimum absolute atomic E-state index is 0. The topological polar surface area (TPSA) is 0 Å². The summed E-state index contributed by atoms with van der Waals surface area (Å²) in [5, 5.41) is 0. The third-order valence-electron chi connectivity index (χ3n) is 10.4. The van der Waals surface area contributed by atoms with E-state index in [1.165, 1.54) is 44.5 Å². The number of benzene rings is 6. The van der Waals surface area contributed by atoms with Crippen molar-refractivity contribution in [1.29, 1.82) is 0 Å². The molecule has 0 heterocycles. The van der Waals surface area contributed by atoms with Gasteiger partial charge in [0.05, 0.1) is 0 Å². The second kappa shape index (κ2) is 40.5. The van der Waals surface area contributed by atoms with Crippen LogP contribution in [0.1, 0.15) is 82.0 Å². The van der Waals surface area contributed by atoms with Crippen molar-refractivity contribution in [2.45, 2.75) is 37.5 Å². The number of unbranched alkanes of at least 4 members (excludes halogenated alkanes) is 2. The standard InChI is InChI=1S/C60H56.2BF4.4Pd/c1(11-31-51-33-13-5-14-34-51)3-23-43-55-45-27-29-47-57(55)59(49-25-9-21-41-53-37-17-7-18-38-53)60(50-26-10-22-42-54-39-19-8-20-40-54)58-48-30-28-46-56(58)44-24-4-2-12-32-52-35-15-6-16-36-52;2*2-1(3,4)5;;;;/h1-24,27-48,59-60H,25-26,49-50H2;;;;;;/q-2;2*-1;;;;/b3-1+,4-2+,31-11+,32-12+,41-21+,42-22+,43-23+,44-24+;;;;;;. The smallest absolute Gasteiger partial charge is 0.418 e. The second-order valence-corrected chi connectivity index (χ2v) is 15.7. The zero-order chi connectivity index (χ0) is 50.1. The van der Waals surface area contributed by atoms with Gasteiger partial charge in [-0.3, -0.25) is 0 Å². The first-order chi connectivity index (χ1) is 33.8. The minimum Gasteiger partial charge on any atom is -0.418 e. The van der Waals surface area contributed by atoms with Crippen molar-refractivity contribution < 1.29 is 116 Å². The molecule has 74 heavy (non-hydrogen) atoms. The summed E-state index contributed by atoms with van der Waals surface area (Å²) in [4.78, 5) is 0. The maximum atomic E-state index is 9.75. The summed E-state index contributed by atoms with van der Waals surface area (Å²) in [6.45, 7) is 0. The number of rotatable bonds is 21. The van der Waals surface area contributed by atoms with Crippen molar-refractivity contribution in [2.75, 3.05) is 0 Å². The molecule has 0 nitrogen and oxygen atoms in total. The zero-order valence-corrected chi connectivity index (χ0v) is 46.2. The molecule has 2 atom stereocenters. The van der Waals surface area contributed by atoms with E-state index in [1.807, 2.05) is 12.1 Å². The van der Waals surface area contributed by atoms with Crippen molar-refractivity contribution >= 4 is 51.0 Å². The molecule has 0 saturated heterocycles. The Balaban J connectivity index is 0.00000347. The first kappa shape index (κ1) is 69.2. The fraction of sp³-hybridized carbons (Fsp3) is 0.100. The maximum absolute atomic E-state index is 9.75. The average Bonchev–Trinajstić information content (AvgIpc) is 3.34. The monoisotopic (exact) mass is 1370 g/mol. The molecule has 6 rings (SSSR count). The quantitative estimate of drug-likeness (QED) is 0.0222. The van der Waals surface area contributed by atoms with Crippen LogP contribution < -0.4 is 0 Å². The Bertz CT molecular complexity index is 2420. The van der Waals surface area contributed by atoms with E-state index in [-0.39, 0.29) is 93.5 Å². The van der Waals surface area contributed by atoms with E-state index in [2.05, 4.69) is 268 Å². The number of hydrogen-bond donors (Lipinski definition) is 0. The van der Waals surface area contributed by atoms with Crippen LogP contribution in [-0.4, -0.2) is 14.5 Å². The van der Waals surface area contributed by atoms with Crippen LogP contribution in [0.5, 0.6) is 0 Å². The molecule has 0 N–H and O–H groups in total. The summed E-state index contributed by atoms with van der Waals surface area (Å²) < 4.78 is 78.0. The van der Waals surface area contributed by atoms with E-state index >= 15 is 0 Å². The molecule has 14 heteroatoms. The van der Waals surface area contributed by atoms with Gasteiger partial charge in [0.1, 0.15) is 0 Å². The van der Waals surface area contributed by atoms with E-state index in [1.54, 1.807) is 0 Å². The molecule has 0 aliphatic carbocycles. The molecular formula is C60H56B2F8Pd4-4. The molecule has 0 saturated carbocycles. The molecule has 0 aliphatic rings. The number of halogens is 8. The van der Waals surface area contributed by atoms with Gasteiger partial charge in [-0.15, -0.1) is 24.0 Å². The van der Waals surface area contributed by atoms with E-state index in [0.29, 0.717) is 0 Å². The van der Waals surface area contributed by atoms with Gasteiger partial charge in [0.25, 0.3) is 0 Å². The zero-order valence-electron chi connectivity index (χ0n) is 40.0. The summed E-state index contributed by atoms with van der Waals surface area (Å²) in [5.74, 6) is 0.555. The Morgan fingerprint density at radius 1 is 0.311 bits per heavy atom. The summed E-state index contributed by atoms with van der Waals surface area (Å²) in [7, 11) is -12.0. The summed E-state index contributed by atoms with van der Waals surface area (Å²) in [6.07, 6.45) is 43.4. The van der Waals surface area contributed by atoms with Gasteiger partial charge in [-0.25, -0.2) is 37.1 Å². The predicted octanol–water partition coefficient (Wildman–Crippen LogP) is 19.1. The van der Waals surface area contributed by atoms with Crippen molar-refractivity contribution in [1.82, 2.24) is 0 Å². The maximum Gasteiger partial charge on any atom is 0.673 e. The van der Waals surface area contributed by atoms with Crippen LogP contribution in [0.3, 0.4) is 0 Å². The van der Waals surface area contributed by atoms with Gasteiger partial charge in [0, 0.05) is 81.7 Å². The fourth-order valence-corrected chi connectivity index (χ4v) is 7.41. The van der Waals surface area contributed by atoms with Crippen LogP contribution in [0.25, 0.3) is 36.5 Å². The Labute approximate surface area is 488 Å². The van der Waals surface area contributed by atoms with Crippen molar-refractivity contribution in [2.24, 2.45) is 0 Å². The average molecular weight is 1380 g/mol. The molecule has 0 aliphatic heterocycles. The molecule has 0 aromatic heterocycles. The molecule has 6 aromatic rings. The van der Waals surface area contributed by atoms with Crippen LogP contribution >= 0.6 is 0 Å². The molecule has 0 radical (unpaired) electrons. The number of allylic oxidation sites excluding steroid dienone is 10. The van der Waals surface area contributed by atoms with E-state index < -0.39 is 14.5 Å². The molecule has 2 unspecified atom stereocenters. The minimum atomic E-state index is -6.00. The molecular weight excluding hydrogens is 1320 g/mol. The van der Waals surface area contributed by atoms with Gasteiger partial charge in [-0.05, 0) is 45.2 Å². The van der Waals surface area contributed by atoms with Gasteiger partial charge in [0.15, 0.2) is 0 Å². The molecule has 0 fully saturated rings. The predicted molar refractivity (Wildman–Crippen MR) is 284 cm³/mol. The summed E-state index contributed by atoms with van der Waals surface area (Å²) in [5.41, 5.74) is 10.1. The van der Waals surface area contributed by atoms with Crippen LogP contribution in [0.2, 0.25) is 0 Å². The van der Waals surface area contributed by atoms with Crippen LogP contribution in [-0.2, 0) is 81.7 Å². The van der Waals surface area contributed by atoms with Gasteiger partial charge >= 0.3 is 14.5 Å². The van der Waals surface area contributed by atoms with Gasteiger partial charge < -0.3 is 34.5 Å². The van der Waals surface area contributed by atoms with Gasteiger partial charge in [-0.1, -0.05) is 256 Å². The van der Waals surface area contributed by atoms with E-state index in [0.717, 1.165) is 25.7 Å². The molecule has 0 spiro atoms. The first-order valence-electron chi connectivity index (χ1n) is 23.0. The molecule has 402 valence electrons. The molecule has 0 bridgehead atoms. The van der Waals surface area contributed by atoms with Crippen molar-refractivity contribution in [3.63, 3.8) is 0 Å².